The predicted molar refractivity (Wildman–Crippen MR) is 115 cm³/mol. The van der Waals surface area contributed by atoms with Gasteiger partial charge in [0.15, 0.2) is 5.84 Å². The lowest BCUT2D eigenvalue weighted by molar-refractivity contribution is 0.0523. The molecule has 29 heavy (non-hydrogen) atoms. The van der Waals surface area contributed by atoms with Crippen LogP contribution in [-0.4, -0.2) is 41.6 Å². The lowest BCUT2D eigenvalue weighted by atomic mass is 10.2. The number of thioether (sulfide) groups is 1. The van der Waals surface area contributed by atoms with Gasteiger partial charge < -0.3 is 15.2 Å². The first kappa shape index (κ1) is 20.5. The second-order valence-electron chi connectivity index (χ2n) is 5.90. The molecule has 0 amide bonds. The number of anilines is 1. The molecule has 0 bridgehead atoms. The van der Waals surface area contributed by atoms with Crippen LogP contribution in [-0.2, 0) is 4.74 Å². The number of methoxy groups -OCH3 is 1. The highest BCUT2D eigenvalue weighted by Crippen LogP contribution is 2.28. The van der Waals surface area contributed by atoms with Crippen molar-refractivity contribution in [1.29, 1.82) is 0 Å². The summed E-state index contributed by atoms with van der Waals surface area (Å²) < 4.78 is 11.8. The Kier molecular flexibility index (Phi) is 6.56. The van der Waals surface area contributed by atoms with Crippen LogP contribution in [0.3, 0.4) is 0 Å². The molecule has 0 atom stereocenters. The molecule has 0 saturated carbocycles. The minimum absolute atomic E-state index is 0.184. The van der Waals surface area contributed by atoms with E-state index in [1.165, 1.54) is 16.4 Å². The molecule has 3 rings (SSSR count). The molecule has 0 aliphatic carbocycles. The first-order valence-corrected chi connectivity index (χ1v) is 10.2. The lowest BCUT2D eigenvalue weighted by Crippen LogP contribution is -2.18. The summed E-state index contributed by atoms with van der Waals surface area (Å²) in [5, 5.41) is 5.02. The van der Waals surface area contributed by atoms with Crippen LogP contribution in [0.5, 0.6) is 5.75 Å². The molecule has 150 valence electrons. The first-order chi connectivity index (χ1) is 14.1. The van der Waals surface area contributed by atoms with Crippen molar-refractivity contribution in [2.75, 3.05) is 25.7 Å². The van der Waals surface area contributed by atoms with E-state index < -0.39 is 5.97 Å². The second-order valence-corrected chi connectivity index (χ2v) is 6.70. The third-order valence-corrected chi connectivity index (χ3v) is 4.77. The Bertz CT molecular complexity index is 1010. The fourth-order valence-corrected chi connectivity index (χ4v) is 3.27. The van der Waals surface area contributed by atoms with Crippen LogP contribution in [0, 0.1) is 0 Å². The van der Waals surface area contributed by atoms with Crippen molar-refractivity contribution in [2.24, 2.45) is 4.99 Å². The summed E-state index contributed by atoms with van der Waals surface area (Å²) in [5.74, 6) is 0.915. The van der Waals surface area contributed by atoms with Crippen molar-refractivity contribution in [3.8, 4) is 5.75 Å². The van der Waals surface area contributed by atoms with E-state index in [1.54, 1.807) is 14.0 Å². The van der Waals surface area contributed by atoms with Gasteiger partial charge >= 0.3 is 5.97 Å². The SMILES string of the molecule is CCOC(=O)c1c(SC)nn(C(=Nc2ccc(OC)cc2)c2ccccc2)c1N. The number of aromatic nitrogens is 2. The number of nitrogens with two attached hydrogens (primary N) is 1. The first-order valence-electron chi connectivity index (χ1n) is 8.97. The summed E-state index contributed by atoms with van der Waals surface area (Å²) in [6.45, 7) is 2.00. The smallest absolute Gasteiger partial charge is 0.344 e. The summed E-state index contributed by atoms with van der Waals surface area (Å²) >= 11 is 1.32. The van der Waals surface area contributed by atoms with Gasteiger partial charge in [-0.25, -0.2) is 9.79 Å². The summed E-state index contributed by atoms with van der Waals surface area (Å²) in [5.41, 5.74) is 8.09. The number of hydrogen-bond donors (Lipinski definition) is 1. The van der Waals surface area contributed by atoms with E-state index in [1.807, 2.05) is 60.9 Å². The molecule has 0 aliphatic heterocycles. The molecule has 0 fully saturated rings. The number of esters is 1. The van der Waals surface area contributed by atoms with E-state index in [9.17, 15) is 4.79 Å². The Hall–Kier alpha value is -3.26. The minimum Gasteiger partial charge on any atom is -0.497 e. The van der Waals surface area contributed by atoms with Gasteiger partial charge in [0.05, 0.1) is 19.4 Å². The van der Waals surface area contributed by atoms with Crippen LogP contribution in [0.4, 0.5) is 11.5 Å². The third kappa shape index (κ3) is 4.43. The average molecular weight is 410 g/mol. The molecule has 0 radical (unpaired) electrons. The largest absolute Gasteiger partial charge is 0.497 e. The number of nitrogens with zero attached hydrogens (tertiary/aromatic N) is 3. The van der Waals surface area contributed by atoms with Gasteiger partial charge in [0.1, 0.15) is 22.2 Å². The molecular formula is C21H22N4O3S. The van der Waals surface area contributed by atoms with Gasteiger partial charge in [-0.05, 0) is 37.4 Å². The molecule has 0 saturated heterocycles. The van der Waals surface area contributed by atoms with Crippen molar-refractivity contribution in [3.05, 3.63) is 65.7 Å². The fourth-order valence-electron chi connectivity index (χ4n) is 2.71. The Labute approximate surface area is 173 Å². The monoisotopic (exact) mass is 410 g/mol. The van der Waals surface area contributed by atoms with E-state index >= 15 is 0 Å². The summed E-state index contributed by atoms with van der Waals surface area (Å²) in [6, 6.07) is 16.9. The maximum atomic E-state index is 12.4. The van der Waals surface area contributed by atoms with Crippen molar-refractivity contribution in [1.82, 2.24) is 9.78 Å². The third-order valence-electron chi connectivity index (χ3n) is 4.10. The van der Waals surface area contributed by atoms with Crippen LogP contribution in [0.1, 0.15) is 22.8 Å². The number of benzene rings is 2. The van der Waals surface area contributed by atoms with Gasteiger partial charge in [0.25, 0.3) is 0 Å². The molecule has 0 spiro atoms. The standard InChI is InChI=1S/C21H22N4O3S/c1-4-28-21(26)17-18(22)25(24-20(17)29-3)19(14-8-6-5-7-9-14)23-15-10-12-16(27-2)13-11-15/h5-13H,4,22H2,1-3H3. The molecule has 1 heterocycles. The minimum atomic E-state index is -0.502. The molecule has 3 aromatic rings. The molecular weight excluding hydrogens is 388 g/mol. The lowest BCUT2D eigenvalue weighted by Gasteiger charge is -2.10. The normalized spacial score (nSPS) is 11.3. The van der Waals surface area contributed by atoms with Crippen LogP contribution >= 0.6 is 11.8 Å². The Morgan fingerprint density at radius 1 is 1.17 bits per heavy atom. The van der Waals surface area contributed by atoms with Crippen molar-refractivity contribution >= 4 is 35.1 Å². The summed E-state index contributed by atoms with van der Waals surface area (Å²) in [7, 11) is 1.61. The maximum absolute atomic E-state index is 12.4. The van der Waals surface area contributed by atoms with Crippen molar-refractivity contribution in [2.45, 2.75) is 11.9 Å². The predicted octanol–water partition coefficient (Wildman–Crippen LogP) is 4.00. The number of aliphatic imine (C=N–C) groups is 1. The van der Waals surface area contributed by atoms with Crippen LogP contribution in [0.15, 0.2) is 64.6 Å². The quantitative estimate of drug-likeness (QED) is 0.286. The van der Waals surface area contributed by atoms with Gasteiger partial charge in [-0.15, -0.1) is 11.8 Å². The number of nitrogen functional groups attached to an aromatic ring is 1. The van der Waals surface area contributed by atoms with E-state index in [-0.39, 0.29) is 18.0 Å². The summed E-state index contributed by atoms with van der Waals surface area (Å²) in [6.07, 6.45) is 1.83. The Balaban J connectivity index is 2.17. The van der Waals surface area contributed by atoms with E-state index in [0.29, 0.717) is 16.5 Å². The zero-order valence-corrected chi connectivity index (χ0v) is 17.3. The molecule has 8 heteroatoms. The second kappa shape index (κ2) is 9.29. The number of carbonyl (C=O) groups excluding carboxylic acids is 1. The average Bonchev–Trinajstić information content (AvgIpc) is 3.09. The van der Waals surface area contributed by atoms with Gasteiger partial charge in [0, 0.05) is 5.56 Å². The maximum Gasteiger partial charge on any atom is 0.344 e. The van der Waals surface area contributed by atoms with Crippen LogP contribution in [0.2, 0.25) is 0 Å². The van der Waals surface area contributed by atoms with Gasteiger partial charge in [-0.1, -0.05) is 30.3 Å². The van der Waals surface area contributed by atoms with Gasteiger partial charge in [-0.2, -0.15) is 9.78 Å². The highest BCUT2D eigenvalue weighted by molar-refractivity contribution is 7.98. The van der Waals surface area contributed by atoms with Gasteiger partial charge in [-0.3, -0.25) is 0 Å². The Morgan fingerprint density at radius 2 is 1.86 bits per heavy atom. The fraction of sp³-hybridized carbons (Fsp3) is 0.190. The number of carbonyl (C=O) groups is 1. The highest BCUT2D eigenvalue weighted by atomic mass is 32.2. The molecule has 7 nitrogen and oxygen atoms in total. The highest BCUT2D eigenvalue weighted by Gasteiger charge is 2.25. The summed E-state index contributed by atoms with van der Waals surface area (Å²) in [4.78, 5) is 17.2. The Morgan fingerprint density at radius 3 is 2.45 bits per heavy atom. The zero-order valence-electron chi connectivity index (χ0n) is 16.5. The molecule has 2 N–H and O–H groups in total. The van der Waals surface area contributed by atoms with E-state index in [4.69, 9.17) is 20.2 Å². The molecule has 0 unspecified atom stereocenters. The van der Waals surface area contributed by atoms with Gasteiger partial charge in [0.2, 0.25) is 0 Å². The van der Waals surface area contributed by atoms with Crippen molar-refractivity contribution < 1.29 is 14.3 Å². The van der Waals surface area contributed by atoms with Crippen LogP contribution < -0.4 is 10.5 Å². The molecule has 1 aromatic heterocycles. The number of hydrogen-bond acceptors (Lipinski definition) is 7. The zero-order chi connectivity index (χ0) is 20.8. The number of rotatable bonds is 6. The van der Waals surface area contributed by atoms with E-state index in [2.05, 4.69) is 5.10 Å². The number of ether oxygens (including phenoxy) is 2. The van der Waals surface area contributed by atoms with E-state index in [0.717, 1.165) is 11.3 Å². The molecule has 2 aromatic carbocycles. The van der Waals surface area contributed by atoms with Crippen LogP contribution in [0.25, 0.3) is 0 Å². The molecule has 0 aliphatic rings. The van der Waals surface area contributed by atoms with Crippen molar-refractivity contribution in [3.63, 3.8) is 0 Å². The topological polar surface area (TPSA) is 91.7 Å².